The first-order valence-corrected chi connectivity index (χ1v) is 4.35. The Labute approximate surface area is 77.2 Å². The maximum atomic E-state index is 9.27. The normalized spacial score (nSPS) is 28.2. The molecule has 74 valence electrons. The van der Waals surface area contributed by atoms with Crippen LogP contribution in [0.25, 0.3) is 0 Å². The molecule has 0 spiro atoms. The summed E-state index contributed by atoms with van der Waals surface area (Å²) in [6, 6.07) is 0. The predicted octanol–water partition coefficient (Wildman–Crippen LogP) is -0.509. The fourth-order valence-corrected chi connectivity index (χ4v) is 1.49. The fourth-order valence-electron chi connectivity index (χ4n) is 1.49. The third-order valence-electron chi connectivity index (χ3n) is 2.17. The monoisotopic (exact) mass is 185 g/mol. The van der Waals surface area contributed by atoms with E-state index in [0.29, 0.717) is 12.8 Å². The molecule has 0 fully saturated rings. The molecule has 0 amide bonds. The Bertz CT molecular complexity index is 201. The third-order valence-corrected chi connectivity index (χ3v) is 2.17. The minimum absolute atomic E-state index is 0.0276. The molecule has 0 aromatic carbocycles. The number of aliphatic hydroxyl groups excluding tert-OH is 3. The van der Waals surface area contributed by atoms with Crippen molar-refractivity contribution in [1.29, 1.82) is 0 Å². The van der Waals surface area contributed by atoms with Gasteiger partial charge in [-0.05, 0) is 12.5 Å². The highest BCUT2D eigenvalue weighted by atomic mass is 16.3. The number of rotatable bonds is 5. The molecule has 0 aromatic heterocycles. The minimum Gasteiger partial charge on any atom is -0.396 e. The topological polar surface area (TPSA) is 73.0 Å². The second-order valence-corrected chi connectivity index (χ2v) is 3.25. The van der Waals surface area contributed by atoms with E-state index in [4.69, 9.17) is 10.2 Å². The zero-order chi connectivity index (χ0) is 9.73. The number of hydrogen-bond donors (Lipinski definition) is 3. The van der Waals surface area contributed by atoms with Gasteiger partial charge >= 0.3 is 0 Å². The minimum atomic E-state index is -0.772. The van der Waals surface area contributed by atoms with E-state index in [0.717, 1.165) is 0 Å². The number of aliphatic imine (C=N–C) groups is 1. The van der Waals surface area contributed by atoms with Crippen LogP contribution >= 0.6 is 0 Å². The molecule has 2 unspecified atom stereocenters. The zero-order valence-corrected chi connectivity index (χ0v) is 7.43. The molecule has 0 bridgehead atoms. The van der Waals surface area contributed by atoms with Crippen molar-refractivity contribution in [2.75, 3.05) is 13.2 Å². The van der Waals surface area contributed by atoms with Crippen LogP contribution < -0.4 is 0 Å². The largest absolute Gasteiger partial charge is 0.396 e. The van der Waals surface area contributed by atoms with Gasteiger partial charge in [-0.15, -0.1) is 0 Å². The van der Waals surface area contributed by atoms with Gasteiger partial charge in [-0.1, -0.05) is 6.08 Å². The molecule has 0 aliphatic carbocycles. The third kappa shape index (κ3) is 2.62. The zero-order valence-electron chi connectivity index (χ0n) is 7.43. The van der Waals surface area contributed by atoms with Crippen LogP contribution in [0.1, 0.15) is 12.8 Å². The van der Waals surface area contributed by atoms with Crippen LogP contribution in [0.15, 0.2) is 17.1 Å². The average molecular weight is 185 g/mol. The van der Waals surface area contributed by atoms with Gasteiger partial charge in [0.1, 0.15) is 0 Å². The highest BCUT2D eigenvalue weighted by Gasteiger charge is 2.29. The van der Waals surface area contributed by atoms with Gasteiger partial charge in [-0.25, -0.2) is 0 Å². The molecule has 0 aromatic rings. The first-order chi connectivity index (χ1) is 6.22. The van der Waals surface area contributed by atoms with Crippen LogP contribution in [-0.2, 0) is 0 Å². The van der Waals surface area contributed by atoms with E-state index in [1.165, 1.54) is 0 Å². The second kappa shape index (κ2) is 4.50. The molecule has 13 heavy (non-hydrogen) atoms. The van der Waals surface area contributed by atoms with Gasteiger partial charge in [0.25, 0.3) is 0 Å². The summed E-state index contributed by atoms with van der Waals surface area (Å²) in [7, 11) is 0. The SMILES string of the molecule is OCCC1(CC(O)CO)C=CC=N1. The van der Waals surface area contributed by atoms with Gasteiger partial charge in [0.2, 0.25) is 0 Å². The Hall–Kier alpha value is -0.710. The van der Waals surface area contributed by atoms with Crippen LogP contribution in [0.5, 0.6) is 0 Å². The molecule has 0 radical (unpaired) electrons. The van der Waals surface area contributed by atoms with E-state index in [9.17, 15) is 5.11 Å². The van der Waals surface area contributed by atoms with Gasteiger partial charge in [-0.2, -0.15) is 0 Å². The number of aliphatic hydroxyl groups is 3. The van der Waals surface area contributed by atoms with Crippen molar-refractivity contribution in [2.45, 2.75) is 24.5 Å². The summed E-state index contributed by atoms with van der Waals surface area (Å²) in [5.74, 6) is 0. The second-order valence-electron chi connectivity index (χ2n) is 3.25. The Morgan fingerprint density at radius 1 is 1.38 bits per heavy atom. The molecule has 1 aliphatic rings. The highest BCUT2D eigenvalue weighted by Crippen LogP contribution is 2.26. The average Bonchev–Trinajstić information content (AvgIpc) is 2.54. The smallest absolute Gasteiger partial charge is 0.0838 e. The molecule has 0 saturated carbocycles. The van der Waals surface area contributed by atoms with E-state index in [2.05, 4.69) is 4.99 Å². The summed E-state index contributed by atoms with van der Waals surface area (Å²) >= 11 is 0. The summed E-state index contributed by atoms with van der Waals surface area (Å²) in [6.07, 6.45) is 5.36. The Balaban J connectivity index is 2.58. The van der Waals surface area contributed by atoms with Gasteiger partial charge in [0, 0.05) is 19.2 Å². The molecule has 4 nitrogen and oxygen atoms in total. The lowest BCUT2D eigenvalue weighted by Gasteiger charge is -2.25. The molecule has 4 heteroatoms. The van der Waals surface area contributed by atoms with Crippen LogP contribution in [0.3, 0.4) is 0 Å². The molecular weight excluding hydrogens is 170 g/mol. The van der Waals surface area contributed by atoms with Crippen molar-refractivity contribution in [3.05, 3.63) is 12.2 Å². The number of nitrogens with zero attached hydrogens (tertiary/aromatic N) is 1. The van der Waals surface area contributed by atoms with Crippen LogP contribution in [-0.4, -0.2) is 46.4 Å². The van der Waals surface area contributed by atoms with Crippen molar-refractivity contribution in [3.63, 3.8) is 0 Å². The van der Waals surface area contributed by atoms with E-state index < -0.39 is 11.6 Å². The van der Waals surface area contributed by atoms with Gasteiger partial charge in [0.05, 0.1) is 18.2 Å². The van der Waals surface area contributed by atoms with Crippen molar-refractivity contribution in [2.24, 2.45) is 4.99 Å². The molecular formula is C9H15NO3. The van der Waals surface area contributed by atoms with Crippen molar-refractivity contribution in [3.8, 4) is 0 Å². The summed E-state index contributed by atoms with van der Waals surface area (Å²) in [5, 5.41) is 26.8. The Morgan fingerprint density at radius 3 is 2.62 bits per heavy atom. The summed E-state index contributed by atoms with van der Waals surface area (Å²) in [5.41, 5.74) is -0.503. The first-order valence-electron chi connectivity index (χ1n) is 4.35. The van der Waals surface area contributed by atoms with Gasteiger partial charge in [0.15, 0.2) is 0 Å². The quantitative estimate of drug-likeness (QED) is 0.540. The lowest BCUT2D eigenvalue weighted by molar-refractivity contribution is 0.0712. The number of hydrogen-bond acceptors (Lipinski definition) is 4. The standard InChI is InChI=1S/C9H15NO3/c11-5-3-9(2-1-4-10-9)6-8(13)7-12/h1-2,4,8,11-13H,3,5-7H2. The lowest BCUT2D eigenvalue weighted by atomic mass is 9.90. The predicted molar refractivity (Wildman–Crippen MR) is 49.8 cm³/mol. The Morgan fingerprint density at radius 2 is 2.15 bits per heavy atom. The van der Waals surface area contributed by atoms with Gasteiger partial charge in [-0.3, -0.25) is 4.99 Å². The summed E-state index contributed by atoms with van der Waals surface area (Å²) < 4.78 is 0. The summed E-state index contributed by atoms with van der Waals surface area (Å²) in [4.78, 5) is 4.18. The molecule has 2 atom stereocenters. The maximum Gasteiger partial charge on any atom is 0.0838 e. The lowest BCUT2D eigenvalue weighted by Crippen LogP contribution is -2.31. The van der Waals surface area contributed by atoms with E-state index >= 15 is 0 Å². The maximum absolute atomic E-state index is 9.27. The molecule has 1 aliphatic heterocycles. The van der Waals surface area contributed by atoms with Gasteiger partial charge < -0.3 is 15.3 Å². The molecule has 0 saturated heterocycles. The van der Waals surface area contributed by atoms with E-state index in [-0.39, 0.29) is 13.2 Å². The van der Waals surface area contributed by atoms with Crippen molar-refractivity contribution in [1.82, 2.24) is 0 Å². The first kappa shape index (κ1) is 10.4. The van der Waals surface area contributed by atoms with Crippen molar-refractivity contribution < 1.29 is 15.3 Å². The molecule has 1 heterocycles. The van der Waals surface area contributed by atoms with Crippen molar-refractivity contribution >= 4 is 6.21 Å². The van der Waals surface area contributed by atoms with Crippen LogP contribution in [0.4, 0.5) is 0 Å². The molecule has 3 N–H and O–H groups in total. The number of allylic oxidation sites excluding steroid dienone is 1. The van der Waals surface area contributed by atoms with Crippen LogP contribution in [0.2, 0.25) is 0 Å². The molecule has 1 rings (SSSR count). The van der Waals surface area contributed by atoms with E-state index in [1.54, 1.807) is 12.3 Å². The fraction of sp³-hybridized carbons (Fsp3) is 0.667. The van der Waals surface area contributed by atoms with E-state index in [1.807, 2.05) is 6.08 Å². The Kier molecular flexibility index (Phi) is 3.59. The summed E-state index contributed by atoms with van der Waals surface area (Å²) in [6.45, 7) is -0.240. The highest BCUT2D eigenvalue weighted by molar-refractivity contribution is 5.75. The van der Waals surface area contributed by atoms with Crippen LogP contribution in [0, 0.1) is 0 Å².